The number of alkyl carbamates (subject to hydrolysis) is 1. The van der Waals surface area contributed by atoms with Crippen molar-refractivity contribution in [3.05, 3.63) is 0 Å². The molecule has 0 aliphatic carbocycles. The Hall–Kier alpha value is -1.86. The molecule has 0 fully saturated rings. The van der Waals surface area contributed by atoms with Crippen LogP contribution in [0.3, 0.4) is 0 Å². The Morgan fingerprint density at radius 2 is 0.836 bits per heavy atom. The van der Waals surface area contributed by atoms with Gasteiger partial charge in [0.1, 0.15) is 26.4 Å². The topological polar surface area (TPSA) is 124 Å². The molecule has 0 spiro atoms. The standard InChI is InChI=1S/C48H93N3O8S2/c1-7-13-17-21-23-27-31-43(29-25-19-15-9-3)45(52)56-37-35-51(36-38-57-46(53)44(30-26-20-16-10-4)32-28-24-22-18-14-8-2)48(55)59-40-42-61-60-41-39-58-47(54)49-33-34-50(11-5)12-6/h43-44H,7-42H2,1-6H3,(H,49,54). The predicted molar refractivity (Wildman–Crippen MR) is 257 cm³/mol. The maximum Gasteiger partial charge on any atom is 0.410 e. The molecule has 2 unspecified atom stereocenters. The van der Waals surface area contributed by atoms with E-state index in [0.717, 1.165) is 110 Å². The fourth-order valence-electron chi connectivity index (χ4n) is 7.23. The van der Waals surface area contributed by atoms with Crippen LogP contribution in [0.25, 0.3) is 0 Å². The molecular weight excluding hydrogens is 811 g/mol. The Kier molecular flexibility index (Phi) is 43.4. The molecule has 0 aromatic rings. The second-order valence-electron chi connectivity index (χ2n) is 16.4. The number of hydrogen-bond acceptors (Lipinski definition) is 11. The zero-order chi connectivity index (χ0) is 45.0. The highest BCUT2D eigenvalue weighted by Gasteiger charge is 2.23. The number of ether oxygens (including phenoxy) is 4. The van der Waals surface area contributed by atoms with Crippen molar-refractivity contribution in [3.8, 4) is 0 Å². The third kappa shape index (κ3) is 36.2. The normalized spacial score (nSPS) is 12.2. The van der Waals surface area contributed by atoms with Gasteiger partial charge in [-0.1, -0.05) is 192 Å². The first-order chi connectivity index (χ1) is 29.8. The Labute approximate surface area is 382 Å². The monoisotopic (exact) mass is 904 g/mol. The van der Waals surface area contributed by atoms with Crippen LogP contribution < -0.4 is 5.32 Å². The summed E-state index contributed by atoms with van der Waals surface area (Å²) in [7, 11) is 3.09. The van der Waals surface area contributed by atoms with Crippen molar-refractivity contribution in [3.63, 3.8) is 0 Å². The first-order valence-corrected chi connectivity index (χ1v) is 27.4. The van der Waals surface area contributed by atoms with Gasteiger partial charge in [0.25, 0.3) is 0 Å². The summed E-state index contributed by atoms with van der Waals surface area (Å²) in [6.07, 6.45) is 25.5. The van der Waals surface area contributed by atoms with Gasteiger partial charge < -0.3 is 34.1 Å². The number of hydrogen-bond donors (Lipinski definition) is 1. The van der Waals surface area contributed by atoms with Gasteiger partial charge in [0, 0.05) is 24.6 Å². The molecule has 2 amide bonds. The SMILES string of the molecule is CCCCCCCCC(CCCCCC)C(=O)OCCN(CCOC(=O)C(CCCCCC)CCCCCCCC)C(=O)OCCSSCCOC(=O)NCCN(CC)CC. The summed E-state index contributed by atoms with van der Waals surface area (Å²) >= 11 is 0. The summed E-state index contributed by atoms with van der Waals surface area (Å²) in [5, 5.41) is 2.79. The van der Waals surface area contributed by atoms with Crippen molar-refractivity contribution in [2.24, 2.45) is 11.8 Å². The van der Waals surface area contributed by atoms with Crippen LogP contribution in [0.15, 0.2) is 0 Å². The molecule has 0 aliphatic rings. The Balaban J connectivity index is 5.24. The van der Waals surface area contributed by atoms with Crippen LogP contribution in [-0.2, 0) is 28.5 Å². The largest absolute Gasteiger partial charge is 0.464 e. The molecule has 0 rings (SSSR count). The lowest BCUT2D eigenvalue weighted by Gasteiger charge is -2.23. The molecule has 0 aromatic heterocycles. The lowest BCUT2D eigenvalue weighted by Crippen LogP contribution is -2.38. The van der Waals surface area contributed by atoms with Crippen molar-refractivity contribution in [1.82, 2.24) is 15.1 Å². The van der Waals surface area contributed by atoms with Crippen LogP contribution in [0.2, 0.25) is 0 Å². The van der Waals surface area contributed by atoms with Gasteiger partial charge in [0.05, 0.1) is 24.9 Å². The number of amides is 2. The van der Waals surface area contributed by atoms with E-state index in [9.17, 15) is 19.2 Å². The van der Waals surface area contributed by atoms with Gasteiger partial charge in [-0.05, 0) is 38.8 Å². The number of nitrogens with zero attached hydrogens (tertiary/aromatic N) is 2. The smallest absolute Gasteiger partial charge is 0.410 e. The minimum atomic E-state index is -0.520. The molecule has 0 bridgehead atoms. The molecule has 61 heavy (non-hydrogen) atoms. The third-order valence-electron chi connectivity index (χ3n) is 11.2. The van der Waals surface area contributed by atoms with E-state index in [4.69, 9.17) is 18.9 Å². The van der Waals surface area contributed by atoms with Crippen molar-refractivity contribution < 1.29 is 38.1 Å². The highest BCUT2D eigenvalue weighted by molar-refractivity contribution is 8.76. The summed E-state index contributed by atoms with van der Waals surface area (Å²) in [6, 6.07) is 0. The fourth-order valence-corrected chi connectivity index (χ4v) is 8.88. The molecule has 13 heteroatoms. The molecule has 1 N–H and O–H groups in total. The van der Waals surface area contributed by atoms with Crippen LogP contribution in [0.5, 0.6) is 0 Å². The average Bonchev–Trinajstić information content (AvgIpc) is 3.26. The van der Waals surface area contributed by atoms with E-state index in [1.807, 2.05) is 0 Å². The minimum absolute atomic E-state index is 0.0650. The second kappa shape index (κ2) is 44.7. The fraction of sp³-hybridized carbons (Fsp3) is 0.917. The molecule has 0 heterocycles. The van der Waals surface area contributed by atoms with Gasteiger partial charge in [-0.3, -0.25) is 9.59 Å². The van der Waals surface area contributed by atoms with Crippen LogP contribution in [0.1, 0.15) is 196 Å². The summed E-state index contributed by atoms with van der Waals surface area (Å²) in [6.45, 7) is 17.2. The number of likely N-dealkylation sites (N-methyl/N-ethyl adjacent to an activating group) is 1. The van der Waals surface area contributed by atoms with E-state index >= 15 is 0 Å². The first-order valence-electron chi connectivity index (χ1n) is 24.9. The number of rotatable bonds is 44. The summed E-state index contributed by atoms with van der Waals surface area (Å²) in [4.78, 5) is 55.8. The first kappa shape index (κ1) is 59.1. The molecular formula is C48H93N3O8S2. The van der Waals surface area contributed by atoms with Crippen LogP contribution in [0, 0.1) is 11.8 Å². The molecule has 0 radical (unpaired) electrons. The minimum Gasteiger partial charge on any atom is -0.464 e. The molecule has 11 nitrogen and oxygen atoms in total. The highest BCUT2D eigenvalue weighted by Crippen LogP contribution is 2.23. The van der Waals surface area contributed by atoms with E-state index < -0.39 is 12.2 Å². The summed E-state index contributed by atoms with van der Waals surface area (Å²) < 4.78 is 22.6. The zero-order valence-corrected chi connectivity index (χ0v) is 41.7. The third-order valence-corrected chi connectivity index (χ3v) is 13.6. The number of carbonyl (C=O) groups excluding carboxylic acids is 4. The predicted octanol–water partition coefficient (Wildman–Crippen LogP) is 12.6. The van der Waals surface area contributed by atoms with Crippen LogP contribution >= 0.6 is 21.6 Å². The number of carbonyl (C=O) groups is 4. The van der Waals surface area contributed by atoms with Gasteiger partial charge in [-0.2, -0.15) is 0 Å². The summed E-state index contributed by atoms with van der Waals surface area (Å²) in [5.41, 5.74) is 0. The summed E-state index contributed by atoms with van der Waals surface area (Å²) in [5.74, 6) is 0.553. The lowest BCUT2D eigenvalue weighted by molar-refractivity contribution is -0.149. The van der Waals surface area contributed by atoms with E-state index in [0.29, 0.717) is 18.1 Å². The van der Waals surface area contributed by atoms with Crippen molar-refractivity contribution in [2.45, 2.75) is 196 Å². The maximum absolute atomic E-state index is 13.4. The van der Waals surface area contributed by atoms with Crippen molar-refractivity contribution in [2.75, 3.05) is 77.2 Å². The Morgan fingerprint density at radius 1 is 0.459 bits per heavy atom. The van der Waals surface area contributed by atoms with Gasteiger partial charge >= 0.3 is 24.1 Å². The Morgan fingerprint density at radius 3 is 1.25 bits per heavy atom. The Bertz CT molecular complexity index is 989. The molecule has 0 saturated carbocycles. The van der Waals surface area contributed by atoms with E-state index in [1.165, 1.54) is 69.1 Å². The number of unbranched alkanes of at least 4 members (excludes halogenated alkanes) is 16. The van der Waals surface area contributed by atoms with Gasteiger partial charge in [0.15, 0.2) is 0 Å². The van der Waals surface area contributed by atoms with E-state index in [2.05, 4.69) is 51.8 Å². The molecule has 0 aliphatic heterocycles. The van der Waals surface area contributed by atoms with Gasteiger partial charge in [0.2, 0.25) is 0 Å². The lowest BCUT2D eigenvalue weighted by atomic mass is 9.94. The molecule has 360 valence electrons. The van der Waals surface area contributed by atoms with Gasteiger partial charge in [-0.15, -0.1) is 0 Å². The average molecular weight is 904 g/mol. The number of esters is 2. The second-order valence-corrected chi connectivity index (χ2v) is 19.1. The van der Waals surface area contributed by atoms with Crippen LogP contribution in [0.4, 0.5) is 9.59 Å². The van der Waals surface area contributed by atoms with Crippen molar-refractivity contribution in [1.29, 1.82) is 0 Å². The zero-order valence-electron chi connectivity index (χ0n) is 40.1. The maximum atomic E-state index is 13.4. The van der Waals surface area contributed by atoms with Crippen LogP contribution in [-0.4, -0.2) is 111 Å². The van der Waals surface area contributed by atoms with E-state index in [-0.39, 0.29) is 63.3 Å². The van der Waals surface area contributed by atoms with E-state index in [1.54, 1.807) is 21.6 Å². The highest BCUT2D eigenvalue weighted by atomic mass is 33.1. The van der Waals surface area contributed by atoms with Gasteiger partial charge in [-0.25, -0.2) is 9.59 Å². The molecule has 0 aromatic carbocycles. The number of nitrogens with one attached hydrogen (secondary N) is 1. The molecule has 2 atom stereocenters. The van der Waals surface area contributed by atoms with Crippen molar-refractivity contribution >= 4 is 45.7 Å². The quantitative estimate of drug-likeness (QED) is 0.0272. The molecule has 0 saturated heterocycles.